The molecule has 2 amide bonds. The van der Waals surface area contributed by atoms with E-state index in [2.05, 4.69) is 31.5 Å². The fourth-order valence-electron chi connectivity index (χ4n) is 2.09. The molecule has 106 valence electrons. The number of H-pyrrole nitrogens is 1. The van der Waals surface area contributed by atoms with Crippen LogP contribution in [0.5, 0.6) is 0 Å². The molecule has 21 heavy (non-hydrogen) atoms. The molecule has 3 N–H and O–H groups in total. The third-order valence-corrected chi connectivity index (χ3v) is 3.71. The Labute approximate surface area is 130 Å². The standard InChI is InChI=1S/C16H14BrN3O/c17-13-3-1-11(2-4-13)10-19-16(21)20-14-5-6-15-12(9-14)7-8-18-15/h1-9,18H,10H2,(H2,19,20,21). The third kappa shape index (κ3) is 3.44. The van der Waals surface area contributed by atoms with Crippen molar-refractivity contribution in [3.05, 3.63) is 64.8 Å². The predicted octanol–water partition coefficient (Wildman–Crippen LogP) is 4.25. The van der Waals surface area contributed by atoms with Crippen molar-refractivity contribution >= 4 is 38.6 Å². The minimum Gasteiger partial charge on any atom is -0.361 e. The Kier molecular flexibility index (Phi) is 3.92. The van der Waals surface area contributed by atoms with Gasteiger partial charge in [0.15, 0.2) is 0 Å². The number of fused-ring (bicyclic) bond motifs is 1. The zero-order chi connectivity index (χ0) is 14.7. The number of benzene rings is 2. The van der Waals surface area contributed by atoms with Gasteiger partial charge < -0.3 is 15.6 Å². The molecule has 2 aromatic carbocycles. The fraction of sp³-hybridized carbons (Fsp3) is 0.0625. The molecule has 0 bridgehead atoms. The predicted molar refractivity (Wildman–Crippen MR) is 88.3 cm³/mol. The molecule has 5 heteroatoms. The molecule has 0 aliphatic heterocycles. The number of anilines is 1. The van der Waals surface area contributed by atoms with Crippen LogP contribution in [0.15, 0.2) is 59.2 Å². The van der Waals surface area contributed by atoms with Crippen molar-refractivity contribution in [1.82, 2.24) is 10.3 Å². The lowest BCUT2D eigenvalue weighted by Gasteiger charge is -2.08. The van der Waals surface area contributed by atoms with Gasteiger partial charge in [-0.15, -0.1) is 0 Å². The molecule has 0 fully saturated rings. The van der Waals surface area contributed by atoms with Crippen molar-refractivity contribution in [2.24, 2.45) is 0 Å². The Hall–Kier alpha value is -2.27. The molecule has 3 aromatic rings. The van der Waals surface area contributed by atoms with E-state index in [9.17, 15) is 4.79 Å². The molecule has 0 atom stereocenters. The zero-order valence-electron chi connectivity index (χ0n) is 11.2. The number of hydrogen-bond donors (Lipinski definition) is 3. The van der Waals surface area contributed by atoms with Crippen LogP contribution in [0.25, 0.3) is 10.9 Å². The van der Waals surface area contributed by atoms with Crippen LogP contribution in [0.3, 0.4) is 0 Å². The second-order valence-electron chi connectivity index (χ2n) is 4.71. The van der Waals surface area contributed by atoms with Crippen LogP contribution < -0.4 is 10.6 Å². The van der Waals surface area contributed by atoms with Crippen LogP contribution in [-0.4, -0.2) is 11.0 Å². The van der Waals surface area contributed by atoms with Crippen molar-refractivity contribution in [1.29, 1.82) is 0 Å². The highest BCUT2D eigenvalue weighted by molar-refractivity contribution is 9.10. The first-order chi connectivity index (χ1) is 10.2. The van der Waals surface area contributed by atoms with Gasteiger partial charge in [-0.25, -0.2) is 4.79 Å². The van der Waals surface area contributed by atoms with Crippen LogP contribution in [0.1, 0.15) is 5.56 Å². The van der Waals surface area contributed by atoms with Gasteiger partial charge in [0.1, 0.15) is 0 Å². The van der Waals surface area contributed by atoms with Crippen molar-refractivity contribution in [3.8, 4) is 0 Å². The van der Waals surface area contributed by atoms with Gasteiger partial charge in [0.2, 0.25) is 0 Å². The summed E-state index contributed by atoms with van der Waals surface area (Å²) in [5.74, 6) is 0. The van der Waals surface area contributed by atoms with Crippen LogP contribution in [0, 0.1) is 0 Å². The molecule has 3 rings (SSSR count). The number of urea groups is 1. The molecule has 1 heterocycles. The van der Waals surface area contributed by atoms with Crippen molar-refractivity contribution < 1.29 is 4.79 Å². The summed E-state index contributed by atoms with van der Waals surface area (Å²) < 4.78 is 1.02. The first-order valence-corrected chi connectivity index (χ1v) is 7.36. The van der Waals surface area contributed by atoms with Gasteiger partial charge >= 0.3 is 6.03 Å². The minimum atomic E-state index is -0.215. The highest BCUT2D eigenvalue weighted by Gasteiger charge is 2.03. The molecule has 4 nitrogen and oxygen atoms in total. The van der Waals surface area contributed by atoms with Crippen molar-refractivity contribution in [3.63, 3.8) is 0 Å². The van der Waals surface area contributed by atoms with Gasteiger partial charge in [0.25, 0.3) is 0 Å². The lowest BCUT2D eigenvalue weighted by Crippen LogP contribution is -2.28. The van der Waals surface area contributed by atoms with Crippen LogP contribution in [0.4, 0.5) is 10.5 Å². The SMILES string of the molecule is O=C(NCc1ccc(Br)cc1)Nc1ccc2[nH]ccc2c1. The Morgan fingerprint density at radius 2 is 1.90 bits per heavy atom. The average molecular weight is 344 g/mol. The van der Waals surface area contributed by atoms with E-state index in [1.54, 1.807) is 0 Å². The van der Waals surface area contributed by atoms with E-state index in [1.807, 2.05) is 54.7 Å². The number of aromatic nitrogens is 1. The van der Waals surface area contributed by atoms with Crippen LogP contribution >= 0.6 is 15.9 Å². The summed E-state index contributed by atoms with van der Waals surface area (Å²) in [6.45, 7) is 0.492. The maximum atomic E-state index is 11.9. The molecule has 0 radical (unpaired) electrons. The lowest BCUT2D eigenvalue weighted by molar-refractivity contribution is 0.251. The Morgan fingerprint density at radius 3 is 2.71 bits per heavy atom. The van der Waals surface area contributed by atoms with Gasteiger partial charge in [-0.05, 0) is 42.0 Å². The largest absolute Gasteiger partial charge is 0.361 e. The molecule has 0 saturated heterocycles. The third-order valence-electron chi connectivity index (χ3n) is 3.18. The van der Waals surface area contributed by atoms with E-state index in [4.69, 9.17) is 0 Å². The number of aromatic amines is 1. The zero-order valence-corrected chi connectivity index (χ0v) is 12.8. The summed E-state index contributed by atoms with van der Waals surface area (Å²) >= 11 is 3.38. The molecule has 0 spiro atoms. The monoisotopic (exact) mass is 343 g/mol. The van der Waals surface area contributed by atoms with Crippen LogP contribution in [0.2, 0.25) is 0 Å². The molecule has 0 saturated carbocycles. The molecular formula is C16H14BrN3O. The number of rotatable bonds is 3. The molecule has 0 aliphatic carbocycles. The molecule has 0 unspecified atom stereocenters. The normalized spacial score (nSPS) is 10.5. The minimum absolute atomic E-state index is 0.215. The van der Waals surface area contributed by atoms with Gasteiger partial charge in [-0.2, -0.15) is 0 Å². The summed E-state index contributed by atoms with van der Waals surface area (Å²) in [5, 5.41) is 6.74. The summed E-state index contributed by atoms with van der Waals surface area (Å²) in [6, 6.07) is 15.4. The maximum absolute atomic E-state index is 11.9. The first kappa shape index (κ1) is 13.7. The molecule has 0 aliphatic rings. The smallest absolute Gasteiger partial charge is 0.319 e. The van der Waals surface area contributed by atoms with Crippen LogP contribution in [-0.2, 0) is 6.54 Å². The number of carbonyl (C=O) groups excluding carboxylic acids is 1. The van der Waals surface area contributed by atoms with Gasteiger partial charge in [0.05, 0.1) is 0 Å². The quantitative estimate of drug-likeness (QED) is 0.654. The van der Waals surface area contributed by atoms with Gasteiger partial charge in [-0.3, -0.25) is 0 Å². The van der Waals surface area contributed by atoms with E-state index >= 15 is 0 Å². The second kappa shape index (κ2) is 6.01. The Balaban J connectivity index is 1.59. The van der Waals surface area contributed by atoms with E-state index in [0.29, 0.717) is 6.54 Å². The second-order valence-corrected chi connectivity index (χ2v) is 5.63. The lowest BCUT2D eigenvalue weighted by atomic mass is 10.2. The average Bonchev–Trinajstić information content (AvgIpc) is 2.94. The first-order valence-electron chi connectivity index (χ1n) is 6.57. The summed E-state index contributed by atoms with van der Waals surface area (Å²) in [7, 11) is 0. The Morgan fingerprint density at radius 1 is 1.10 bits per heavy atom. The number of hydrogen-bond acceptors (Lipinski definition) is 1. The topological polar surface area (TPSA) is 56.9 Å². The highest BCUT2D eigenvalue weighted by atomic mass is 79.9. The van der Waals surface area contributed by atoms with E-state index in [1.165, 1.54) is 0 Å². The highest BCUT2D eigenvalue weighted by Crippen LogP contribution is 2.17. The fourth-order valence-corrected chi connectivity index (χ4v) is 2.36. The molecule has 1 aromatic heterocycles. The summed E-state index contributed by atoms with van der Waals surface area (Å²) in [4.78, 5) is 15.0. The van der Waals surface area contributed by atoms with Crippen molar-refractivity contribution in [2.45, 2.75) is 6.54 Å². The van der Waals surface area contributed by atoms with Gasteiger partial charge in [-0.1, -0.05) is 28.1 Å². The number of amides is 2. The molecular weight excluding hydrogens is 330 g/mol. The van der Waals surface area contributed by atoms with Gasteiger partial charge in [0, 0.05) is 33.8 Å². The Bertz CT molecular complexity index is 765. The number of nitrogens with one attached hydrogen (secondary N) is 3. The summed E-state index contributed by atoms with van der Waals surface area (Å²) in [5.41, 5.74) is 2.88. The number of halogens is 1. The van der Waals surface area contributed by atoms with E-state index in [-0.39, 0.29) is 6.03 Å². The van der Waals surface area contributed by atoms with E-state index < -0.39 is 0 Å². The van der Waals surface area contributed by atoms with Crippen molar-refractivity contribution in [2.75, 3.05) is 5.32 Å². The number of carbonyl (C=O) groups is 1. The summed E-state index contributed by atoms with van der Waals surface area (Å²) in [6.07, 6.45) is 1.88. The maximum Gasteiger partial charge on any atom is 0.319 e. The van der Waals surface area contributed by atoms with E-state index in [0.717, 1.165) is 26.6 Å².